The number of rotatable bonds is 3. The van der Waals surface area contributed by atoms with E-state index in [-0.39, 0.29) is 12.3 Å². The Balaban J connectivity index is 3.21. The van der Waals surface area contributed by atoms with Crippen LogP contribution < -0.4 is 0 Å². The highest BCUT2D eigenvalue weighted by molar-refractivity contribution is 6.17. The summed E-state index contributed by atoms with van der Waals surface area (Å²) in [7, 11) is 0. The van der Waals surface area contributed by atoms with E-state index in [4.69, 9.17) is 22.0 Å². The fourth-order valence-electron chi connectivity index (χ4n) is 1.37. The van der Waals surface area contributed by atoms with E-state index in [0.717, 1.165) is 5.56 Å². The maximum Gasteiger partial charge on any atom is 0.307 e. The van der Waals surface area contributed by atoms with Gasteiger partial charge in [0.05, 0.1) is 18.1 Å². The van der Waals surface area contributed by atoms with E-state index in [0.29, 0.717) is 16.7 Å². The molecule has 0 aliphatic carbocycles. The van der Waals surface area contributed by atoms with Gasteiger partial charge in [0, 0.05) is 5.88 Å². The van der Waals surface area contributed by atoms with Crippen molar-refractivity contribution in [2.75, 3.05) is 0 Å². The Morgan fingerprint density at radius 3 is 2.67 bits per heavy atom. The molecule has 0 aliphatic heterocycles. The van der Waals surface area contributed by atoms with Gasteiger partial charge in [-0.05, 0) is 29.7 Å². The first kappa shape index (κ1) is 11.5. The number of hydrogen-bond donors (Lipinski definition) is 1. The van der Waals surface area contributed by atoms with Crippen molar-refractivity contribution >= 4 is 17.6 Å². The van der Waals surface area contributed by atoms with Crippen LogP contribution in [0.15, 0.2) is 12.1 Å². The van der Waals surface area contributed by atoms with Gasteiger partial charge in [0.25, 0.3) is 0 Å². The number of carboxylic acids is 1. The topological polar surface area (TPSA) is 61.1 Å². The molecule has 1 N–H and O–H groups in total. The van der Waals surface area contributed by atoms with Crippen LogP contribution in [0.4, 0.5) is 0 Å². The van der Waals surface area contributed by atoms with Crippen LogP contribution in [-0.4, -0.2) is 11.1 Å². The SMILES string of the molecule is Cc1cc(C#N)c(CCl)cc1CC(=O)O. The van der Waals surface area contributed by atoms with Gasteiger partial charge in [0.15, 0.2) is 0 Å². The number of halogens is 1. The van der Waals surface area contributed by atoms with Gasteiger partial charge in [0.2, 0.25) is 0 Å². The molecule has 0 saturated heterocycles. The lowest BCUT2D eigenvalue weighted by molar-refractivity contribution is -0.136. The monoisotopic (exact) mass is 223 g/mol. The predicted octanol–water partition coefficient (Wildman–Crippen LogP) is 2.23. The van der Waals surface area contributed by atoms with E-state index in [2.05, 4.69) is 0 Å². The minimum Gasteiger partial charge on any atom is -0.481 e. The normalized spacial score (nSPS) is 9.67. The van der Waals surface area contributed by atoms with Gasteiger partial charge < -0.3 is 5.11 Å². The summed E-state index contributed by atoms with van der Waals surface area (Å²) in [5.41, 5.74) is 2.71. The second-order valence-corrected chi connectivity index (χ2v) is 3.52. The molecule has 0 heterocycles. The lowest BCUT2D eigenvalue weighted by Gasteiger charge is -2.07. The first-order valence-electron chi connectivity index (χ1n) is 4.38. The van der Waals surface area contributed by atoms with Gasteiger partial charge in [-0.25, -0.2) is 0 Å². The zero-order chi connectivity index (χ0) is 11.4. The van der Waals surface area contributed by atoms with Crippen molar-refractivity contribution in [3.05, 3.63) is 34.4 Å². The van der Waals surface area contributed by atoms with E-state index in [1.54, 1.807) is 19.1 Å². The van der Waals surface area contributed by atoms with Crippen LogP contribution in [0.5, 0.6) is 0 Å². The second-order valence-electron chi connectivity index (χ2n) is 3.25. The quantitative estimate of drug-likeness (QED) is 0.800. The molecule has 1 aromatic carbocycles. The summed E-state index contributed by atoms with van der Waals surface area (Å²) in [6.07, 6.45) is -0.0402. The number of carbonyl (C=O) groups is 1. The van der Waals surface area contributed by atoms with Crippen LogP contribution in [0.25, 0.3) is 0 Å². The molecular formula is C11H10ClNO2. The van der Waals surface area contributed by atoms with E-state index in [9.17, 15) is 4.79 Å². The molecule has 0 amide bonds. The summed E-state index contributed by atoms with van der Waals surface area (Å²) >= 11 is 5.67. The lowest BCUT2D eigenvalue weighted by Crippen LogP contribution is -2.03. The largest absolute Gasteiger partial charge is 0.481 e. The van der Waals surface area contributed by atoms with Gasteiger partial charge >= 0.3 is 5.97 Å². The summed E-state index contributed by atoms with van der Waals surface area (Å²) < 4.78 is 0. The molecular weight excluding hydrogens is 214 g/mol. The molecule has 0 unspecified atom stereocenters. The minimum absolute atomic E-state index is 0.0402. The summed E-state index contributed by atoms with van der Waals surface area (Å²) in [5.74, 6) is -0.668. The van der Waals surface area contributed by atoms with Crippen LogP contribution in [0.3, 0.4) is 0 Å². The Kier molecular flexibility index (Phi) is 3.70. The van der Waals surface area contributed by atoms with E-state index >= 15 is 0 Å². The molecule has 0 aliphatic rings. The fourth-order valence-corrected chi connectivity index (χ4v) is 1.59. The Labute approximate surface area is 92.9 Å². The van der Waals surface area contributed by atoms with Crippen molar-refractivity contribution in [3.63, 3.8) is 0 Å². The van der Waals surface area contributed by atoms with Gasteiger partial charge in [0.1, 0.15) is 0 Å². The zero-order valence-corrected chi connectivity index (χ0v) is 9.01. The van der Waals surface area contributed by atoms with Crippen molar-refractivity contribution < 1.29 is 9.90 Å². The number of hydrogen-bond acceptors (Lipinski definition) is 2. The summed E-state index contributed by atoms with van der Waals surface area (Å²) in [6.45, 7) is 1.79. The van der Waals surface area contributed by atoms with Gasteiger partial charge in [-0.1, -0.05) is 6.07 Å². The van der Waals surface area contributed by atoms with E-state index in [1.807, 2.05) is 6.07 Å². The van der Waals surface area contributed by atoms with Crippen LogP contribution in [-0.2, 0) is 17.1 Å². The number of benzene rings is 1. The first-order chi connectivity index (χ1) is 7.08. The Morgan fingerprint density at radius 1 is 1.53 bits per heavy atom. The predicted molar refractivity (Wildman–Crippen MR) is 56.8 cm³/mol. The molecule has 0 radical (unpaired) electrons. The number of nitriles is 1. The molecule has 15 heavy (non-hydrogen) atoms. The average Bonchev–Trinajstić information content (AvgIpc) is 2.19. The van der Waals surface area contributed by atoms with Gasteiger partial charge in [-0.15, -0.1) is 11.6 Å². The lowest BCUT2D eigenvalue weighted by atomic mass is 9.98. The number of carboxylic acid groups (broad SMARTS) is 1. The molecule has 0 atom stereocenters. The highest BCUT2D eigenvalue weighted by atomic mass is 35.5. The van der Waals surface area contributed by atoms with Crippen LogP contribution in [0.2, 0.25) is 0 Å². The Hall–Kier alpha value is -1.53. The van der Waals surface area contributed by atoms with Crippen LogP contribution in [0.1, 0.15) is 22.3 Å². The fraction of sp³-hybridized carbons (Fsp3) is 0.273. The minimum atomic E-state index is -0.886. The molecule has 0 bridgehead atoms. The first-order valence-corrected chi connectivity index (χ1v) is 4.92. The average molecular weight is 224 g/mol. The van der Waals surface area contributed by atoms with Crippen molar-refractivity contribution in [1.29, 1.82) is 5.26 Å². The Morgan fingerprint density at radius 2 is 2.20 bits per heavy atom. The molecule has 0 saturated carbocycles. The van der Waals surface area contributed by atoms with Crippen molar-refractivity contribution in [2.24, 2.45) is 0 Å². The Bertz CT molecular complexity index is 435. The van der Waals surface area contributed by atoms with Gasteiger partial charge in [-0.2, -0.15) is 5.26 Å². The van der Waals surface area contributed by atoms with E-state index < -0.39 is 5.97 Å². The maximum atomic E-state index is 10.6. The molecule has 4 heteroatoms. The van der Waals surface area contributed by atoms with Crippen LogP contribution in [0, 0.1) is 18.3 Å². The number of alkyl halides is 1. The molecule has 3 nitrogen and oxygen atoms in total. The number of nitrogens with zero attached hydrogens (tertiary/aromatic N) is 1. The van der Waals surface area contributed by atoms with Gasteiger partial charge in [-0.3, -0.25) is 4.79 Å². The smallest absolute Gasteiger partial charge is 0.307 e. The molecule has 0 spiro atoms. The summed E-state index contributed by atoms with van der Waals surface area (Å²) in [5, 5.41) is 17.5. The third-order valence-corrected chi connectivity index (χ3v) is 2.46. The highest BCUT2D eigenvalue weighted by Crippen LogP contribution is 2.18. The standard InChI is InChI=1S/C11H10ClNO2/c1-7-2-10(6-13)9(5-12)3-8(7)4-11(14)15/h2-3H,4-5H2,1H3,(H,14,15). The van der Waals surface area contributed by atoms with Crippen LogP contribution >= 0.6 is 11.6 Å². The molecule has 0 fully saturated rings. The second kappa shape index (κ2) is 4.81. The van der Waals surface area contributed by atoms with E-state index in [1.165, 1.54) is 0 Å². The number of aliphatic carboxylic acids is 1. The molecule has 1 aromatic rings. The van der Waals surface area contributed by atoms with Crippen molar-refractivity contribution in [1.82, 2.24) is 0 Å². The zero-order valence-electron chi connectivity index (χ0n) is 8.25. The maximum absolute atomic E-state index is 10.6. The molecule has 0 aromatic heterocycles. The third kappa shape index (κ3) is 2.71. The van der Waals surface area contributed by atoms with Crippen molar-refractivity contribution in [3.8, 4) is 6.07 Å². The molecule has 1 rings (SSSR count). The third-order valence-electron chi connectivity index (χ3n) is 2.17. The summed E-state index contributed by atoms with van der Waals surface area (Å²) in [4.78, 5) is 10.6. The number of aryl methyl sites for hydroxylation is 1. The molecule has 78 valence electrons. The highest BCUT2D eigenvalue weighted by Gasteiger charge is 2.09. The van der Waals surface area contributed by atoms with Crippen molar-refractivity contribution in [2.45, 2.75) is 19.2 Å². The summed E-state index contributed by atoms with van der Waals surface area (Å²) in [6, 6.07) is 5.40.